The van der Waals surface area contributed by atoms with E-state index in [-0.39, 0.29) is 74.7 Å². The monoisotopic (exact) mass is 760 g/mol. The van der Waals surface area contributed by atoms with Crippen LogP contribution in [0.25, 0.3) is 11.3 Å². The van der Waals surface area contributed by atoms with E-state index in [2.05, 4.69) is 20.9 Å². The number of imide groups is 2. The van der Waals surface area contributed by atoms with Crippen molar-refractivity contribution in [1.82, 2.24) is 20.5 Å². The zero-order valence-electron chi connectivity index (χ0n) is 28.2. The molecule has 0 saturated carbocycles. The summed E-state index contributed by atoms with van der Waals surface area (Å²) >= 11 is 1.36. The summed E-state index contributed by atoms with van der Waals surface area (Å²) < 4.78 is 65.3. The average molecular weight is 761 g/mol. The number of carbonyl (C=O) groups is 5. The van der Waals surface area contributed by atoms with Crippen LogP contribution in [0.1, 0.15) is 33.6 Å². The van der Waals surface area contributed by atoms with Crippen LogP contribution in [-0.4, -0.2) is 118 Å². The van der Waals surface area contributed by atoms with E-state index in [0.717, 1.165) is 17.0 Å². The zero-order chi connectivity index (χ0) is 37.5. The molecule has 1 aromatic heterocycles. The third-order valence-corrected chi connectivity index (χ3v) is 9.38. The molecule has 282 valence electrons. The van der Waals surface area contributed by atoms with Crippen LogP contribution in [0.5, 0.6) is 5.75 Å². The molecular weight excluding hydrogens is 725 g/mol. The SMILES string of the molecule is O=C(COc1c(-c2csc(N3CCOCC3)n2)ccc(F)c1F)NCCOCCOCCNc1cc2c(cc1F)C(=O)N(C1CCC(=O)NC1=O)C2=O. The molecule has 3 aromatic rings. The maximum Gasteiger partial charge on any atom is 0.262 e. The normalized spacial score (nSPS) is 17.2. The topological polar surface area (TPSA) is 178 Å². The number of halogens is 3. The van der Waals surface area contributed by atoms with E-state index < -0.39 is 65.4 Å². The number of thiazole rings is 1. The fourth-order valence-electron chi connectivity index (χ4n) is 5.82. The number of carbonyl (C=O) groups excluding carboxylic acids is 5. The maximum atomic E-state index is 14.8. The van der Waals surface area contributed by atoms with Crippen molar-refractivity contribution < 1.29 is 56.1 Å². The molecule has 1 unspecified atom stereocenters. The van der Waals surface area contributed by atoms with Crippen LogP contribution < -0.4 is 25.6 Å². The van der Waals surface area contributed by atoms with E-state index in [9.17, 15) is 37.1 Å². The highest BCUT2D eigenvalue weighted by Crippen LogP contribution is 2.36. The summed E-state index contributed by atoms with van der Waals surface area (Å²) in [5.74, 6) is -6.92. The van der Waals surface area contributed by atoms with E-state index in [4.69, 9.17) is 18.9 Å². The van der Waals surface area contributed by atoms with E-state index in [0.29, 0.717) is 37.1 Å². The van der Waals surface area contributed by atoms with Gasteiger partial charge in [-0.2, -0.15) is 4.39 Å². The molecule has 0 aliphatic carbocycles. The lowest BCUT2D eigenvalue weighted by Gasteiger charge is -2.27. The Morgan fingerprint density at radius 1 is 0.943 bits per heavy atom. The van der Waals surface area contributed by atoms with E-state index >= 15 is 0 Å². The summed E-state index contributed by atoms with van der Waals surface area (Å²) in [7, 11) is 0. The Balaban J connectivity index is 0.869. The average Bonchev–Trinajstić information content (AvgIpc) is 3.73. The second kappa shape index (κ2) is 17.1. The van der Waals surface area contributed by atoms with Gasteiger partial charge in [0.1, 0.15) is 11.9 Å². The molecule has 19 heteroatoms. The maximum absolute atomic E-state index is 14.8. The number of hydrogen-bond acceptors (Lipinski definition) is 13. The third kappa shape index (κ3) is 8.75. The van der Waals surface area contributed by atoms with Crippen molar-refractivity contribution in [1.29, 1.82) is 0 Å². The first-order chi connectivity index (χ1) is 25.6. The van der Waals surface area contributed by atoms with Crippen molar-refractivity contribution in [3.05, 3.63) is 58.2 Å². The molecule has 2 aromatic carbocycles. The molecule has 3 N–H and O–H groups in total. The predicted octanol–water partition coefficient (Wildman–Crippen LogP) is 2.11. The first-order valence-corrected chi connectivity index (χ1v) is 17.6. The number of piperidine rings is 1. The van der Waals surface area contributed by atoms with Crippen LogP contribution in [0.4, 0.5) is 24.0 Å². The summed E-state index contributed by atoms with van der Waals surface area (Å²) in [4.78, 5) is 69.2. The van der Waals surface area contributed by atoms with E-state index in [1.807, 2.05) is 4.90 Å². The molecule has 53 heavy (non-hydrogen) atoms. The largest absolute Gasteiger partial charge is 0.480 e. The Kier molecular flexibility index (Phi) is 12.2. The smallest absolute Gasteiger partial charge is 0.262 e. The van der Waals surface area contributed by atoms with Crippen molar-refractivity contribution in [3.63, 3.8) is 0 Å². The number of ether oxygens (including phenoxy) is 4. The van der Waals surface area contributed by atoms with Gasteiger partial charge in [-0.1, -0.05) is 0 Å². The summed E-state index contributed by atoms with van der Waals surface area (Å²) in [6.45, 7) is 2.74. The number of amides is 5. The van der Waals surface area contributed by atoms with E-state index in [1.54, 1.807) is 5.38 Å². The van der Waals surface area contributed by atoms with Crippen LogP contribution in [0, 0.1) is 17.5 Å². The van der Waals surface area contributed by atoms with Gasteiger partial charge in [0.05, 0.1) is 62.1 Å². The highest BCUT2D eigenvalue weighted by atomic mass is 32.1. The van der Waals surface area contributed by atoms with Crippen molar-refractivity contribution >= 4 is 51.7 Å². The number of aromatic nitrogens is 1. The number of benzene rings is 2. The second-order valence-electron chi connectivity index (χ2n) is 12.0. The molecule has 0 spiro atoms. The zero-order valence-corrected chi connectivity index (χ0v) is 29.0. The van der Waals surface area contributed by atoms with Gasteiger partial charge in [-0.05, 0) is 30.7 Å². The standard InChI is InChI=1S/C34H35F3N6O9S/c35-22-2-1-19(25-18-53-34(40-25)42-7-11-51-12-8-42)30(29(22)37)52-17-28(45)39-6-10-50-14-13-49-9-5-38-24-16-21-20(15-23(24)36)32(47)43(33(21)48)26-3-4-27(44)41-31(26)46/h1-2,15-16,18,26,38H,3-14,17H2,(H,39,45)(H,41,44,46). The van der Waals surface area contributed by atoms with Crippen LogP contribution in [0.3, 0.4) is 0 Å². The lowest BCUT2D eigenvalue weighted by atomic mass is 10.0. The van der Waals surface area contributed by atoms with E-state index in [1.165, 1.54) is 23.5 Å². The van der Waals surface area contributed by atoms with Crippen molar-refractivity contribution in [3.8, 4) is 17.0 Å². The van der Waals surface area contributed by atoms with Gasteiger partial charge in [0.25, 0.3) is 17.7 Å². The number of nitrogens with one attached hydrogen (secondary N) is 3. The Hall–Kier alpha value is -5.11. The summed E-state index contributed by atoms with van der Waals surface area (Å²) in [6.07, 6.45) is -0.0420. The molecule has 1 atom stereocenters. The number of anilines is 2. The lowest BCUT2D eigenvalue weighted by Crippen LogP contribution is -2.54. The van der Waals surface area contributed by atoms with Crippen LogP contribution in [0.15, 0.2) is 29.6 Å². The molecule has 0 radical (unpaired) electrons. The van der Waals surface area contributed by atoms with Gasteiger partial charge in [0.2, 0.25) is 17.6 Å². The fraction of sp³-hybridized carbons (Fsp3) is 0.412. The minimum Gasteiger partial charge on any atom is -0.480 e. The molecule has 2 fully saturated rings. The van der Waals surface area contributed by atoms with Crippen LogP contribution in [-0.2, 0) is 28.6 Å². The van der Waals surface area contributed by atoms with Crippen molar-refractivity contribution in [2.24, 2.45) is 0 Å². The van der Waals surface area contributed by atoms with Gasteiger partial charge in [-0.25, -0.2) is 13.8 Å². The highest BCUT2D eigenvalue weighted by molar-refractivity contribution is 7.14. The van der Waals surface area contributed by atoms with Crippen molar-refractivity contribution in [2.45, 2.75) is 18.9 Å². The Labute approximate surface area is 304 Å². The number of nitrogens with zero attached hydrogens (tertiary/aromatic N) is 3. The number of fused-ring (bicyclic) bond motifs is 1. The van der Waals surface area contributed by atoms with Crippen LogP contribution >= 0.6 is 11.3 Å². The fourth-order valence-corrected chi connectivity index (χ4v) is 6.70. The molecule has 0 bridgehead atoms. The molecule has 3 aliphatic rings. The Bertz CT molecular complexity index is 1890. The molecule has 6 rings (SSSR count). The Morgan fingerprint density at radius 2 is 1.66 bits per heavy atom. The quantitative estimate of drug-likeness (QED) is 0.143. The molecule has 4 heterocycles. The summed E-state index contributed by atoms with van der Waals surface area (Å²) in [5.41, 5.74) is 0.345. The van der Waals surface area contributed by atoms with Crippen LogP contribution in [0.2, 0.25) is 0 Å². The van der Waals surface area contributed by atoms with Gasteiger partial charge in [-0.3, -0.25) is 34.2 Å². The van der Waals surface area contributed by atoms with Gasteiger partial charge in [0, 0.05) is 43.5 Å². The Morgan fingerprint density at radius 3 is 2.40 bits per heavy atom. The third-order valence-electron chi connectivity index (χ3n) is 8.48. The molecule has 5 amide bonds. The van der Waals surface area contributed by atoms with Gasteiger partial charge >= 0.3 is 0 Å². The van der Waals surface area contributed by atoms with Gasteiger partial charge in [-0.15, -0.1) is 11.3 Å². The number of hydrogen-bond donors (Lipinski definition) is 3. The predicted molar refractivity (Wildman–Crippen MR) is 182 cm³/mol. The summed E-state index contributed by atoms with van der Waals surface area (Å²) in [6, 6.07) is 3.32. The lowest BCUT2D eigenvalue weighted by molar-refractivity contribution is -0.136. The van der Waals surface area contributed by atoms with Crippen molar-refractivity contribution in [2.75, 3.05) is 82.6 Å². The highest BCUT2D eigenvalue weighted by Gasteiger charge is 2.45. The first-order valence-electron chi connectivity index (χ1n) is 16.7. The summed E-state index contributed by atoms with van der Waals surface area (Å²) in [5, 5.41) is 9.91. The first kappa shape index (κ1) is 37.6. The molecule has 2 saturated heterocycles. The number of morpholine rings is 1. The molecule has 15 nitrogen and oxygen atoms in total. The number of rotatable bonds is 16. The minimum absolute atomic E-state index is 0.0123. The molecule has 3 aliphatic heterocycles. The van der Waals surface area contributed by atoms with Gasteiger partial charge in [0.15, 0.2) is 23.3 Å². The molecular formula is C34H35F3N6O9S. The second-order valence-corrected chi connectivity index (χ2v) is 12.8. The van der Waals surface area contributed by atoms with Gasteiger partial charge < -0.3 is 34.5 Å². The minimum atomic E-state index is -1.22.